The number of halogens is 1. The molecule has 7 nitrogen and oxygen atoms in total. The molecule has 0 bridgehead atoms. The van der Waals surface area contributed by atoms with Crippen molar-refractivity contribution in [3.63, 3.8) is 0 Å². The number of ether oxygens (including phenoxy) is 2. The minimum Gasteiger partial charge on any atom is -1.00 e. The lowest BCUT2D eigenvalue weighted by Gasteiger charge is -2.06. The Balaban J connectivity index is 0.00000264. The minimum atomic E-state index is -0.522. The highest BCUT2D eigenvalue weighted by Crippen LogP contribution is 2.22. The summed E-state index contributed by atoms with van der Waals surface area (Å²) in [5, 5.41) is 5.72. The highest BCUT2D eigenvalue weighted by Gasteiger charge is 2.11. The number of amides is 1. The Morgan fingerprint density at radius 1 is 1.26 bits per heavy atom. The van der Waals surface area contributed by atoms with Crippen molar-refractivity contribution < 1.29 is 31.7 Å². The van der Waals surface area contributed by atoms with E-state index in [9.17, 15) is 4.79 Å². The van der Waals surface area contributed by atoms with Crippen LogP contribution < -0.4 is 38.5 Å². The quantitative estimate of drug-likeness (QED) is 0.676. The predicted molar refractivity (Wildman–Crippen MR) is 84.3 cm³/mol. The van der Waals surface area contributed by atoms with E-state index in [1.165, 1.54) is 0 Å². The van der Waals surface area contributed by atoms with Gasteiger partial charge in [0.25, 0.3) is 0 Å². The van der Waals surface area contributed by atoms with Crippen LogP contribution in [0, 0.1) is 0 Å². The first-order chi connectivity index (χ1) is 10.6. The van der Waals surface area contributed by atoms with Gasteiger partial charge in [-0.25, -0.2) is 15.1 Å². The van der Waals surface area contributed by atoms with Crippen molar-refractivity contribution in [2.75, 3.05) is 30.1 Å². The zero-order valence-electron chi connectivity index (χ0n) is 12.9. The molecule has 0 aliphatic carbocycles. The summed E-state index contributed by atoms with van der Waals surface area (Å²) in [6.07, 6.45) is 1.10. The van der Waals surface area contributed by atoms with Gasteiger partial charge in [-0.05, 0) is 37.3 Å². The van der Waals surface area contributed by atoms with Crippen molar-refractivity contribution in [3.05, 3.63) is 36.5 Å². The topological polar surface area (TPSA) is 99.8 Å². The van der Waals surface area contributed by atoms with Crippen LogP contribution in [0.4, 0.5) is 27.7 Å². The second-order valence-corrected chi connectivity index (χ2v) is 4.42. The van der Waals surface area contributed by atoms with Gasteiger partial charge in [0.1, 0.15) is 23.3 Å². The van der Waals surface area contributed by atoms with Gasteiger partial charge in [-0.15, -0.1) is 0 Å². The zero-order chi connectivity index (χ0) is 15.9. The zero-order valence-corrected chi connectivity index (χ0v) is 13.6. The number of carbonyl (C=O) groups is 1. The maximum Gasteiger partial charge on any atom is 0.411 e. The fourth-order valence-corrected chi connectivity index (χ4v) is 1.80. The Hall–Kier alpha value is -2.67. The molecule has 8 heteroatoms. The molecule has 2 rings (SSSR count). The first-order valence-electron chi connectivity index (χ1n) is 6.78. The minimum absolute atomic E-state index is 0. The Morgan fingerprint density at radius 2 is 1.96 bits per heavy atom. The first-order valence-corrected chi connectivity index (χ1v) is 6.78. The van der Waals surface area contributed by atoms with Gasteiger partial charge in [0.15, 0.2) is 0 Å². The molecule has 0 radical (unpaired) electrons. The molecule has 0 saturated heterocycles. The van der Waals surface area contributed by atoms with Crippen LogP contribution in [-0.2, 0) is 4.74 Å². The molecule has 0 unspecified atom stereocenters. The summed E-state index contributed by atoms with van der Waals surface area (Å²) in [6, 6.07) is 9.07. The number of hydrogen-bond acceptors (Lipinski definition) is 5. The number of aromatic amines is 1. The second kappa shape index (κ2) is 8.70. The number of benzene rings is 1. The third kappa shape index (κ3) is 5.23. The molecule has 1 amide bonds. The van der Waals surface area contributed by atoms with E-state index < -0.39 is 6.09 Å². The Labute approximate surface area is 140 Å². The van der Waals surface area contributed by atoms with Crippen LogP contribution in [0.2, 0.25) is 0 Å². The number of aromatic nitrogens is 1. The summed E-state index contributed by atoms with van der Waals surface area (Å²) in [5.41, 5.74) is 7.81. The van der Waals surface area contributed by atoms with Crippen molar-refractivity contribution in [2.45, 2.75) is 6.92 Å². The number of carbonyl (C=O) groups excluding carboxylic acids is 1. The molecule has 0 spiro atoms. The molecule has 0 aliphatic rings. The van der Waals surface area contributed by atoms with Crippen molar-refractivity contribution >= 4 is 29.0 Å². The van der Waals surface area contributed by atoms with Gasteiger partial charge in [0.2, 0.25) is 0 Å². The average Bonchev–Trinajstić information content (AvgIpc) is 2.51. The van der Waals surface area contributed by atoms with Gasteiger partial charge >= 0.3 is 11.9 Å². The van der Waals surface area contributed by atoms with Gasteiger partial charge in [-0.3, -0.25) is 5.32 Å². The standard InChI is InChI=1S/C15H18N4O3.ClH/c1-3-22-15(20)19-11-8-13(16)14(17-9-11)18-10-4-6-12(21-2)7-5-10;/h4-9H,3,16H2,1-2H3,(H,17,18)(H,19,20);1H. The average molecular weight is 339 g/mol. The molecule has 0 saturated carbocycles. The number of hydrogen-bond donors (Lipinski definition) is 3. The van der Waals surface area contributed by atoms with E-state index in [1.807, 2.05) is 24.3 Å². The Bertz CT molecular complexity index is 650. The molecule has 23 heavy (non-hydrogen) atoms. The smallest absolute Gasteiger partial charge is 0.411 e. The molecule has 0 aliphatic heterocycles. The van der Waals surface area contributed by atoms with Crippen LogP contribution in [0.1, 0.15) is 6.92 Å². The maximum absolute atomic E-state index is 11.3. The van der Waals surface area contributed by atoms with E-state index in [1.54, 1.807) is 26.3 Å². The molecule has 1 aromatic heterocycles. The monoisotopic (exact) mass is 338 g/mol. The van der Waals surface area contributed by atoms with Crippen LogP contribution >= 0.6 is 0 Å². The number of anilines is 4. The molecule has 2 aromatic rings. The molecular formula is C15H19ClN4O3. The Morgan fingerprint density at radius 3 is 2.52 bits per heavy atom. The second-order valence-electron chi connectivity index (χ2n) is 4.42. The van der Waals surface area contributed by atoms with E-state index in [0.29, 0.717) is 23.8 Å². The number of H-pyrrole nitrogens is 1. The van der Waals surface area contributed by atoms with Crippen LogP contribution in [0.15, 0.2) is 36.5 Å². The largest absolute Gasteiger partial charge is 1.00 e. The lowest BCUT2D eigenvalue weighted by Crippen LogP contribution is -3.00. The lowest BCUT2D eigenvalue weighted by atomic mass is 10.3. The number of rotatable bonds is 5. The molecule has 124 valence electrons. The number of methoxy groups -OCH3 is 1. The third-order valence-electron chi connectivity index (χ3n) is 2.85. The van der Waals surface area contributed by atoms with Gasteiger partial charge < -0.3 is 27.6 Å². The SMILES string of the molecule is CCOC(=O)Nc1c[nH+]c(Nc2ccc(OC)cc2)c(N)c1.[Cl-]. The van der Waals surface area contributed by atoms with E-state index in [-0.39, 0.29) is 12.4 Å². The number of nitrogens with two attached hydrogens (primary N) is 1. The van der Waals surface area contributed by atoms with Gasteiger partial charge in [0, 0.05) is 0 Å². The summed E-state index contributed by atoms with van der Waals surface area (Å²) in [7, 11) is 1.61. The van der Waals surface area contributed by atoms with Crippen molar-refractivity contribution in [1.82, 2.24) is 0 Å². The van der Waals surface area contributed by atoms with E-state index >= 15 is 0 Å². The Kier molecular flexibility index (Phi) is 6.95. The third-order valence-corrected chi connectivity index (χ3v) is 2.85. The lowest BCUT2D eigenvalue weighted by molar-refractivity contribution is -0.358. The van der Waals surface area contributed by atoms with Crippen LogP contribution in [-0.4, -0.2) is 19.8 Å². The highest BCUT2D eigenvalue weighted by molar-refractivity contribution is 5.85. The number of nitrogen functional groups attached to an aromatic ring is 1. The molecule has 1 heterocycles. The maximum atomic E-state index is 11.3. The van der Waals surface area contributed by atoms with E-state index in [2.05, 4.69) is 15.6 Å². The molecular weight excluding hydrogens is 320 g/mol. The van der Waals surface area contributed by atoms with Crippen molar-refractivity contribution in [1.29, 1.82) is 0 Å². The number of pyridine rings is 1. The summed E-state index contributed by atoms with van der Waals surface area (Å²) >= 11 is 0. The van der Waals surface area contributed by atoms with Crippen LogP contribution in [0.25, 0.3) is 0 Å². The fraction of sp³-hybridized carbons (Fsp3) is 0.200. The molecule has 1 aromatic carbocycles. The molecule has 5 N–H and O–H groups in total. The van der Waals surface area contributed by atoms with Gasteiger partial charge in [-0.1, -0.05) is 0 Å². The van der Waals surface area contributed by atoms with Crippen molar-refractivity contribution in [2.24, 2.45) is 0 Å². The summed E-state index contributed by atoms with van der Waals surface area (Å²) in [4.78, 5) is 14.3. The van der Waals surface area contributed by atoms with E-state index in [0.717, 1.165) is 11.4 Å². The predicted octanol–water partition coefficient (Wildman–Crippen LogP) is -0.592. The van der Waals surface area contributed by atoms with Crippen molar-refractivity contribution in [3.8, 4) is 5.75 Å². The number of nitrogens with one attached hydrogen (secondary N) is 3. The normalized spacial score (nSPS) is 9.48. The summed E-state index contributed by atoms with van der Waals surface area (Å²) in [6.45, 7) is 2.05. The first kappa shape index (κ1) is 18.4. The van der Waals surface area contributed by atoms with Crippen LogP contribution in [0.3, 0.4) is 0 Å². The summed E-state index contributed by atoms with van der Waals surface area (Å²) < 4.78 is 9.90. The summed E-state index contributed by atoms with van der Waals surface area (Å²) in [5.74, 6) is 1.40. The molecule has 0 atom stereocenters. The van der Waals surface area contributed by atoms with Crippen LogP contribution in [0.5, 0.6) is 5.75 Å². The highest BCUT2D eigenvalue weighted by atomic mass is 35.5. The fourth-order valence-electron chi connectivity index (χ4n) is 1.80. The molecule has 0 fully saturated rings. The van der Waals surface area contributed by atoms with Gasteiger partial charge in [0.05, 0.1) is 19.4 Å². The van der Waals surface area contributed by atoms with Gasteiger partial charge in [-0.2, -0.15) is 0 Å². The van der Waals surface area contributed by atoms with E-state index in [4.69, 9.17) is 15.2 Å².